The number of nitrogens with one attached hydrogen (secondary N) is 1. The van der Waals surface area contributed by atoms with Crippen molar-refractivity contribution >= 4 is 17.1 Å². The molecule has 2 aromatic rings. The lowest BCUT2D eigenvalue weighted by Crippen LogP contribution is -2.01. The molecule has 0 bridgehead atoms. The van der Waals surface area contributed by atoms with E-state index >= 15 is 0 Å². The predicted octanol–water partition coefficient (Wildman–Crippen LogP) is 3.44. The van der Waals surface area contributed by atoms with Gasteiger partial charge in [0.2, 0.25) is 0 Å². The summed E-state index contributed by atoms with van der Waals surface area (Å²) in [6.45, 7) is 1.82. The number of nitro groups is 1. The monoisotopic (exact) mass is 285 g/mol. The molecular formula is C15H15N3O3. The molecule has 0 saturated carbocycles. The molecule has 0 amide bonds. The molecule has 0 aliphatic heterocycles. The van der Waals surface area contributed by atoms with Crippen molar-refractivity contribution in [3.63, 3.8) is 0 Å². The van der Waals surface area contributed by atoms with Crippen LogP contribution in [0.5, 0.6) is 5.75 Å². The van der Waals surface area contributed by atoms with E-state index in [1.807, 2.05) is 31.2 Å². The minimum Gasteiger partial charge on any atom is -0.495 e. The summed E-state index contributed by atoms with van der Waals surface area (Å²) in [5.41, 5.74) is 5.27. The first-order chi connectivity index (χ1) is 10.1. The number of rotatable bonds is 5. The Morgan fingerprint density at radius 1 is 1.19 bits per heavy atom. The van der Waals surface area contributed by atoms with Gasteiger partial charge in [0, 0.05) is 12.1 Å². The summed E-state index contributed by atoms with van der Waals surface area (Å²) in [5.74, 6) is 0.692. The maximum absolute atomic E-state index is 10.6. The number of nitro benzene ring substituents is 1. The van der Waals surface area contributed by atoms with Crippen LogP contribution in [0.15, 0.2) is 53.6 Å². The highest BCUT2D eigenvalue weighted by molar-refractivity contribution is 5.99. The minimum absolute atomic E-state index is 0.0595. The van der Waals surface area contributed by atoms with E-state index in [2.05, 4.69) is 10.5 Å². The van der Waals surface area contributed by atoms with Crippen LogP contribution in [0.3, 0.4) is 0 Å². The quantitative estimate of drug-likeness (QED) is 0.518. The van der Waals surface area contributed by atoms with Crippen LogP contribution in [-0.2, 0) is 0 Å². The summed E-state index contributed by atoms with van der Waals surface area (Å²) in [6.07, 6.45) is 0. The van der Waals surface area contributed by atoms with Crippen LogP contribution in [0, 0.1) is 10.1 Å². The molecule has 0 aromatic heterocycles. The van der Waals surface area contributed by atoms with E-state index in [0.29, 0.717) is 5.75 Å². The standard InChI is InChI=1S/C15H15N3O3/c1-11(12-7-9-13(10-8-12)18(19)20)16-17-14-5-3-4-6-15(14)21-2/h3-10,17H,1-2H3. The summed E-state index contributed by atoms with van der Waals surface area (Å²) in [4.78, 5) is 10.2. The first-order valence-electron chi connectivity index (χ1n) is 6.30. The van der Waals surface area contributed by atoms with Gasteiger partial charge in [0.1, 0.15) is 5.75 Å². The number of hydrogen-bond acceptors (Lipinski definition) is 5. The van der Waals surface area contributed by atoms with Crippen LogP contribution >= 0.6 is 0 Å². The number of benzene rings is 2. The largest absolute Gasteiger partial charge is 0.495 e. The van der Waals surface area contributed by atoms with Gasteiger partial charge in [-0.25, -0.2) is 0 Å². The van der Waals surface area contributed by atoms with Crippen LogP contribution in [0.4, 0.5) is 11.4 Å². The first-order valence-corrected chi connectivity index (χ1v) is 6.30. The summed E-state index contributed by atoms with van der Waals surface area (Å²) in [7, 11) is 1.59. The predicted molar refractivity (Wildman–Crippen MR) is 81.9 cm³/mol. The molecule has 0 aliphatic carbocycles. The molecule has 21 heavy (non-hydrogen) atoms. The molecule has 0 spiro atoms. The molecule has 0 saturated heterocycles. The molecule has 6 heteroatoms. The number of hydrogen-bond donors (Lipinski definition) is 1. The zero-order valence-electron chi connectivity index (χ0n) is 11.7. The Kier molecular flexibility index (Phi) is 4.50. The number of anilines is 1. The van der Waals surface area contributed by atoms with Gasteiger partial charge in [0.25, 0.3) is 5.69 Å². The molecule has 0 radical (unpaired) electrons. The lowest BCUT2D eigenvalue weighted by atomic mass is 10.1. The summed E-state index contributed by atoms with van der Waals surface area (Å²) in [5, 5.41) is 14.9. The number of para-hydroxylation sites is 2. The van der Waals surface area contributed by atoms with E-state index in [1.54, 1.807) is 19.2 Å². The smallest absolute Gasteiger partial charge is 0.269 e. The van der Waals surface area contributed by atoms with E-state index < -0.39 is 4.92 Å². The van der Waals surface area contributed by atoms with Crippen molar-refractivity contribution in [1.29, 1.82) is 0 Å². The number of hydrazone groups is 1. The highest BCUT2D eigenvalue weighted by Crippen LogP contribution is 2.23. The van der Waals surface area contributed by atoms with E-state index in [4.69, 9.17) is 4.74 Å². The maximum Gasteiger partial charge on any atom is 0.269 e. The second-order valence-corrected chi connectivity index (χ2v) is 4.31. The van der Waals surface area contributed by atoms with Gasteiger partial charge in [-0.1, -0.05) is 12.1 Å². The Morgan fingerprint density at radius 2 is 1.86 bits per heavy atom. The molecule has 0 aliphatic rings. The average molecular weight is 285 g/mol. The third-order valence-electron chi connectivity index (χ3n) is 2.95. The van der Waals surface area contributed by atoms with Crippen molar-refractivity contribution in [3.8, 4) is 5.75 Å². The van der Waals surface area contributed by atoms with Gasteiger partial charge < -0.3 is 4.74 Å². The van der Waals surface area contributed by atoms with E-state index in [0.717, 1.165) is 17.0 Å². The second kappa shape index (κ2) is 6.51. The van der Waals surface area contributed by atoms with Gasteiger partial charge >= 0.3 is 0 Å². The Hall–Kier alpha value is -2.89. The Bertz CT molecular complexity index is 666. The molecular weight excluding hydrogens is 270 g/mol. The third kappa shape index (κ3) is 3.56. The molecule has 2 aromatic carbocycles. The Morgan fingerprint density at radius 3 is 2.48 bits per heavy atom. The highest BCUT2D eigenvalue weighted by Gasteiger charge is 2.06. The van der Waals surface area contributed by atoms with E-state index in [-0.39, 0.29) is 5.69 Å². The molecule has 6 nitrogen and oxygen atoms in total. The topological polar surface area (TPSA) is 76.8 Å². The SMILES string of the molecule is COc1ccccc1NN=C(C)c1ccc([N+](=O)[O-])cc1. The number of methoxy groups -OCH3 is 1. The second-order valence-electron chi connectivity index (χ2n) is 4.31. The molecule has 2 rings (SSSR count). The van der Waals surface area contributed by atoms with Gasteiger partial charge in [-0.3, -0.25) is 15.5 Å². The summed E-state index contributed by atoms with van der Waals surface area (Å²) >= 11 is 0. The van der Waals surface area contributed by atoms with E-state index in [9.17, 15) is 10.1 Å². The number of non-ortho nitro benzene ring substituents is 1. The lowest BCUT2D eigenvalue weighted by molar-refractivity contribution is -0.384. The molecule has 1 N–H and O–H groups in total. The highest BCUT2D eigenvalue weighted by atomic mass is 16.6. The van der Waals surface area contributed by atoms with Crippen LogP contribution in [0.25, 0.3) is 0 Å². The van der Waals surface area contributed by atoms with Crippen LogP contribution in [0.1, 0.15) is 12.5 Å². The van der Waals surface area contributed by atoms with Crippen LogP contribution in [0.2, 0.25) is 0 Å². The summed E-state index contributed by atoms with van der Waals surface area (Å²) in [6, 6.07) is 13.7. The van der Waals surface area contributed by atoms with Gasteiger partial charge in [0.15, 0.2) is 0 Å². The molecule has 108 valence electrons. The zero-order valence-corrected chi connectivity index (χ0v) is 11.7. The first kappa shape index (κ1) is 14.5. The van der Waals surface area contributed by atoms with Crippen molar-refractivity contribution in [2.75, 3.05) is 12.5 Å². The third-order valence-corrected chi connectivity index (χ3v) is 2.95. The molecule has 0 heterocycles. The van der Waals surface area contributed by atoms with Crippen LogP contribution in [-0.4, -0.2) is 17.7 Å². The normalized spacial score (nSPS) is 11.0. The molecule has 0 unspecified atom stereocenters. The van der Waals surface area contributed by atoms with Crippen molar-refractivity contribution in [1.82, 2.24) is 0 Å². The van der Waals surface area contributed by atoms with E-state index in [1.165, 1.54) is 12.1 Å². The zero-order chi connectivity index (χ0) is 15.2. The number of nitrogens with zero attached hydrogens (tertiary/aromatic N) is 2. The number of ether oxygens (including phenoxy) is 1. The Balaban J connectivity index is 2.15. The lowest BCUT2D eigenvalue weighted by Gasteiger charge is -2.08. The van der Waals surface area contributed by atoms with Gasteiger partial charge in [0.05, 0.1) is 23.4 Å². The van der Waals surface area contributed by atoms with Crippen molar-refractivity contribution < 1.29 is 9.66 Å². The summed E-state index contributed by atoms with van der Waals surface area (Å²) < 4.78 is 5.22. The molecule has 0 atom stereocenters. The maximum atomic E-state index is 10.6. The van der Waals surface area contributed by atoms with Gasteiger partial charge in [-0.2, -0.15) is 5.10 Å². The minimum atomic E-state index is -0.427. The fraction of sp³-hybridized carbons (Fsp3) is 0.133. The molecule has 0 fully saturated rings. The van der Waals surface area contributed by atoms with Crippen LogP contribution < -0.4 is 10.2 Å². The average Bonchev–Trinajstić information content (AvgIpc) is 2.52. The fourth-order valence-electron chi connectivity index (χ4n) is 1.77. The van der Waals surface area contributed by atoms with Gasteiger partial charge in [-0.15, -0.1) is 0 Å². The van der Waals surface area contributed by atoms with Gasteiger partial charge in [-0.05, 0) is 36.8 Å². The van der Waals surface area contributed by atoms with Crippen molar-refractivity contribution in [3.05, 3.63) is 64.2 Å². The fourth-order valence-corrected chi connectivity index (χ4v) is 1.77. The Labute approximate surface area is 122 Å². The van der Waals surface area contributed by atoms with Crippen molar-refractivity contribution in [2.24, 2.45) is 5.10 Å². The van der Waals surface area contributed by atoms with Crippen molar-refractivity contribution in [2.45, 2.75) is 6.92 Å².